The lowest BCUT2D eigenvalue weighted by Crippen LogP contribution is -2.32. The predicted octanol–water partition coefficient (Wildman–Crippen LogP) is 1.80. The van der Waals surface area contributed by atoms with Crippen LogP contribution in [0.1, 0.15) is 37.4 Å². The molecule has 1 fully saturated rings. The Morgan fingerprint density at radius 2 is 2.11 bits per heavy atom. The Kier molecular flexibility index (Phi) is 2.92. The van der Waals surface area contributed by atoms with E-state index in [4.69, 9.17) is 9.47 Å². The summed E-state index contributed by atoms with van der Waals surface area (Å²) in [7, 11) is 0. The van der Waals surface area contributed by atoms with Crippen LogP contribution in [0.15, 0.2) is 18.2 Å². The van der Waals surface area contributed by atoms with Crippen molar-refractivity contribution < 1.29 is 19.7 Å². The van der Waals surface area contributed by atoms with Gasteiger partial charge in [0.1, 0.15) is 30.8 Å². The minimum absolute atomic E-state index is 0.308. The summed E-state index contributed by atoms with van der Waals surface area (Å²) in [6.07, 6.45) is 3.23. The number of fused-ring (bicyclic) bond motifs is 1. The van der Waals surface area contributed by atoms with Crippen LogP contribution in [0.3, 0.4) is 0 Å². The summed E-state index contributed by atoms with van der Waals surface area (Å²) in [5.74, 6) is 1.36. The van der Waals surface area contributed by atoms with Gasteiger partial charge in [-0.05, 0) is 25.0 Å². The van der Waals surface area contributed by atoms with E-state index in [-0.39, 0.29) is 0 Å². The Balaban J connectivity index is 1.67. The lowest BCUT2D eigenvalue weighted by Gasteiger charge is -2.22. The third-order valence-corrected chi connectivity index (χ3v) is 3.78. The van der Waals surface area contributed by atoms with Crippen LogP contribution in [0, 0.1) is 0 Å². The molecule has 4 heteroatoms. The van der Waals surface area contributed by atoms with Gasteiger partial charge in [-0.3, -0.25) is 0 Å². The van der Waals surface area contributed by atoms with Gasteiger partial charge in [0.2, 0.25) is 0 Å². The van der Waals surface area contributed by atoms with Gasteiger partial charge < -0.3 is 19.7 Å². The quantitative estimate of drug-likeness (QED) is 0.858. The number of aliphatic hydroxyl groups excluding tert-OH is 1. The van der Waals surface area contributed by atoms with Crippen molar-refractivity contribution in [3.63, 3.8) is 0 Å². The predicted molar refractivity (Wildman–Crippen MR) is 65.8 cm³/mol. The minimum Gasteiger partial charge on any atom is -0.490 e. The van der Waals surface area contributed by atoms with Gasteiger partial charge in [-0.25, -0.2) is 0 Å². The lowest BCUT2D eigenvalue weighted by molar-refractivity contribution is 0.00135. The van der Waals surface area contributed by atoms with Crippen molar-refractivity contribution >= 4 is 0 Å². The van der Waals surface area contributed by atoms with Gasteiger partial charge in [0.05, 0.1) is 5.60 Å². The maximum absolute atomic E-state index is 10.2. The van der Waals surface area contributed by atoms with Crippen LogP contribution in [-0.4, -0.2) is 29.0 Å². The first-order valence-corrected chi connectivity index (χ1v) is 6.46. The fraction of sp³-hybridized carbons (Fsp3) is 0.571. The molecule has 4 nitrogen and oxygen atoms in total. The second-order valence-electron chi connectivity index (χ2n) is 5.25. The zero-order chi connectivity index (χ0) is 12.6. The van der Waals surface area contributed by atoms with Crippen molar-refractivity contribution in [1.82, 2.24) is 0 Å². The summed E-state index contributed by atoms with van der Waals surface area (Å²) in [6.45, 7) is 0.636. The van der Waals surface area contributed by atoms with E-state index in [1.807, 2.05) is 12.1 Å². The number of rotatable bonds is 3. The molecule has 1 aliphatic carbocycles. The third-order valence-electron chi connectivity index (χ3n) is 3.78. The van der Waals surface area contributed by atoms with Crippen LogP contribution in [0.4, 0.5) is 0 Å². The standard InChI is InChI=1S/C14H18O4/c15-12-8-17-13-7-10(3-4-11(12)13)18-9-14(16)5-1-2-6-14/h3-4,7,12,15-16H,1-2,5-6,8-9H2. The fourth-order valence-electron chi connectivity index (χ4n) is 2.66. The van der Waals surface area contributed by atoms with Crippen LogP contribution < -0.4 is 9.47 Å². The molecule has 0 radical (unpaired) electrons. The zero-order valence-electron chi connectivity index (χ0n) is 10.3. The summed E-state index contributed by atoms with van der Waals surface area (Å²) >= 11 is 0. The number of aliphatic hydroxyl groups is 2. The molecule has 0 aromatic heterocycles. The minimum atomic E-state index is -0.667. The molecule has 1 aromatic carbocycles. The Labute approximate surface area is 106 Å². The van der Waals surface area contributed by atoms with Gasteiger partial charge >= 0.3 is 0 Å². The third kappa shape index (κ3) is 2.18. The Morgan fingerprint density at radius 1 is 1.33 bits per heavy atom. The first-order chi connectivity index (χ1) is 8.66. The molecule has 2 N–H and O–H groups in total. The molecule has 0 saturated heterocycles. The second kappa shape index (κ2) is 4.44. The smallest absolute Gasteiger partial charge is 0.129 e. The molecule has 1 atom stereocenters. The number of ether oxygens (including phenoxy) is 2. The summed E-state index contributed by atoms with van der Waals surface area (Å²) in [5, 5.41) is 19.8. The van der Waals surface area contributed by atoms with Gasteiger partial charge in [0, 0.05) is 11.6 Å². The second-order valence-corrected chi connectivity index (χ2v) is 5.25. The van der Waals surface area contributed by atoms with Gasteiger partial charge in [-0.15, -0.1) is 0 Å². The van der Waals surface area contributed by atoms with Gasteiger partial charge in [0.15, 0.2) is 0 Å². The Morgan fingerprint density at radius 3 is 2.89 bits per heavy atom. The molecule has 1 saturated carbocycles. The molecule has 1 unspecified atom stereocenters. The molecule has 1 heterocycles. The molecule has 0 amide bonds. The van der Waals surface area contributed by atoms with Gasteiger partial charge in [-0.1, -0.05) is 12.8 Å². The lowest BCUT2D eigenvalue weighted by atomic mass is 10.0. The van der Waals surface area contributed by atoms with Crippen molar-refractivity contribution in [2.75, 3.05) is 13.2 Å². The maximum Gasteiger partial charge on any atom is 0.129 e. The van der Waals surface area contributed by atoms with E-state index >= 15 is 0 Å². The normalized spacial score (nSPS) is 24.7. The zero-order valence-corrected chi connectivity index (χ0v) is 10.3. The number of hydrogen-bond acceptors (Lipinski definition) is 4. The van der Waals surface area contributed by atoms with Crippen molar-refractivity contribution in [2.45, 2.75) is 37.4 Å². The number of hydrogen-bond donors (Lipinski definition) is 2. The first kappa shape index (κ1) is 11.8. The molecule has 1 aliphatic heterocycles. The van der Waals surface area contributed by atoms with Gasteiger partial charge in [0.25, 0.3) is 0 Å². The fourth-order valence-corrected chi connectivity index (χ4v) is 2.66. The molecule has 0 bridgehead atoms. The van der Waals surface area contributed by atoms with Crippen LogP contribution in [0.25, 0.3) is 0 Å². The highest BCUT2D eigenvalue weighted by molar-refractivity contribution is 5.44. The summed E-state index contributed by atoms with van der Waals surface area (Å²) in [4.78, 5) is 0. The Hall–Kier alpha value is -1.26. The van der Waals surface area contributed by atoms with Crippen LogP contribution in [0.2, 0.25) is 0 Å². The topological polar surface area (TPSA) is 58.9 Å². The SMILES string of the molecule is OC1COc2cc(OCC3(O)CCCC3)ccc21. The van der Waals surface area contributed by atoms with Gasteiger partial charge in [-0.2, -0.15) is 0 Å². The van der Waals surface area contributed by atoms with E-state index in [1.54, 1.807) is 6.07 Å². The van der Waals surface area contributed by atoms with E-state index in [0.717, 1.165) is 31.2 Å². The summed E-state index contributed by atoms with van der Waals surface area (Å²) in [6, 6.07) is 5.42. The molecule has 98 valence electrons. The highest BCUT2D eigenvalue weighted by Gasteiger charge is 2.32. The molecular formula is C14H18O4. The van der Waals surface area contributed by atoms with Crippen molar-refractivity contribution in [1.29, 1.82) is 0 Å². The highest BCUT2D eigenvalue weighted by Crippen LogP contribution is 2.36. The van der Waals surface area contributed by atoms with E-state index in [9.17, 15) is 10.2 Å². The number of benzene rings is 1. The largest absolute Gasteiger partial charge is 0.490 e. The summed E-state index contributed by atoms with van der Waals surface area (Å²) < 4.78 is 11.0. The Bertz CT molecular complexity index is 437. The monoisotopic (exact) mass is 250 g/mol. The molecule has 18 heavy (non-hydrogen) atoms. The molecule has 2 aliphatic rings. The van der Waals surface area contributed by atoms with Crippen LogP contribution in [-0.2, 0) is 0 Å². The molecule has 1 aromatic rings. The van der Waals surface area contributed by atoms with Crippen LogP contribution >= 0.6 is 0 Å². The van der Waals surface area contributed by atoms with E-state index in [0.29, 0.717) is 24.7 Å². The van der Waals surface area contributed by atoms with E-state index in [1.165, 1.54) is 0 Å². The van der Waals surface area contributed by atoms with Crippen LogP contribution in [0.5, 0.6) is 11.5 Å². The summed E-state index contributed by atoms with van der Waals surface area (Å²) in [5.41, 5.74) is 0.140. The average molecular weight is 250 g/mol. The maximum atomic E-state index is 10.2. The van der Waals surface area contributed by atoms with Crippen molar-refractivity contribution in [3.8, 4) is 11.5 Å². The van der Waals surface area contributed by atoms with E-state index < -0.39 is 11.7 Å². The van der Waals surface area contributed by atoms with E-state index in [2.05, 4.69) is 0 Å². The first-order valence-electron chi connectivity index (χ1n) is 6.46. The highest BCUT2D eigenvalue weighted by atomic mass is 16.5. The molecule has 3 rings (SSSR count). The average Bonchev–Trinajstić information content (AvgIpc) is 2.95. The van der Waals surface area contributed by atoms with Crippen molar-refractivity contribution in [3.05, 3.63) is 23.8 Å². The molecular weight excluding hydrogens is 232 g/mol. The molecule has 0 spiro atoms. The van der Waals surface area contributed by atoms with Crippen molar-refractivity contribution in [2.24, 2.45) is 0 Å².